The van der Waals surface area contributed by atoms with Crippen LogP contribution in [0.15, 0.2) is 59.2 Å². The molecule has 0 saturated carbocycles. The topological polar surface area (TPSA) is 34.4 Å². The first kappa shape index (κ1) is 13.7. The standard InChI is InChI=1S/C18H19NO2/c1-13(18-4-3-9-21-18)19-12-14-5-6-16-11-17(20-2)8-7-15(16)10-14/h3-11,13,19H,12H2,1-2H3/t13-/m0/s1. The van der Waals surface area contributed by atoms with Gasteiger partial charge in [0.1, 0.15) is 11.5 Å². The zero-order chi connectivity index (χ0) is 14.7. The van der Waals surface area contributed by atoms with Crippen LogP contribution in [0, 0.1) is 0 Å². The van der Waals surface area contributed by atoms with Crippen molar-refractivity contribution in [3.8, 4) is 5.75 Å². The van der Waals surface area contributed by atoms with Gasteiger partial charge in [0, 0.05) is 6.54 Å². The van der Waals surface area contributed by atoms with Crippen molar-refractivity contribution in [2.45, 2.75) is 19.5 Å². The lowest BCUT2D eigenvalue weighted by Crippen LogP contribution is -2.17. The maximum Gasteiger partial charge on any atom is 0.120 e. The van der Waals surface area contributed by atoms with Crippen LogP contribution in [0.5, 0.6) is 5.75 Å². The molecule has 3 heteroatoms. The van der Waals surface area contributed by atoms with E-state index >= 15 is 0 Å². The van der Waals surface area contributed by atoms with Crippen molar-refractivity contribution < 1.29 is 9.15 Å². The second-order valence-corrected chi connectivity index (χ2v) is 5.17. The minimum absolute atomic E-state index is 0.201. The van der Waals surface area contributed by atoms with Gasteiger partial charge in [-0.25, -0.2) is 0 Å². The number of hydrogen-bond acceptors (Lipinski definition) is 3. The summed E-state index contributed by atoms with van der Waals surface area (Å²) in [5.41, 5.74) is 1.26. The van der Waals surface area contributed by atoms with Gasteiger partial charge in [-0.05, 0) is 53.6 Å². The van der Waals surface area contributed by atoms with Crippen LogP contribution in [0.4, 0.5) is 0 Å². The molecule has 3 aromatic rings. The quantitative estimate of drug-likeness (QED) is 0.757. The van der Waals surface area contributed by atoms with Crippen molar-refractivity contribution in [2.75, 3.05) is 7.11 Å². The smallest absolute Gasteiger partial charge is 0.120 e. The predicted molar refractivity (Wildman–Crippen MR) is 84.5 cm³/mol. The highest BCUT2D eigenvalue weighted by Gasteiger charge is 2.07. The highest BCUT2D eigenvalue weighted by molar-refractivity contribution is 5.84. The average molecular weight is 281 g/mol. The molecule has 3 rings (SSSR count). The minimum Gasteiger partial charge on any atom is -0.497 e. The maximum absolute atomic E-state index is 5.40. The summed E-state index contributed by atoms with van der Waals surface area (Å²) in [5, 5.41) is 5.88. The van der Waals surface area contributed by atoms with Gasteiger partial charge in [-0.15, -0.1) is 0 Å². The average Bonchev–Trinajstić information content (AvgIpc) is 3.06. The molecule has 0 saturated heterocycles. The Kier molecular flexibility index (Phi) is 3.93. The van der Waals surface area contributed by atoms with Gasteiger partial charge in [0.2, 0.25) is 0 Å². The Bertz CT molecular complexity index is 719. The molecular formula is C18H19NO2. The predicted octanol–water partition coefficient (Wildman–Crippen LogP) is 4.29. The van der Waals surface area contributed by atoms with E-state index in [1.165, 1.54) is 16.3 Å². The second-order valence-electron chi connectivity index (χ2n) is 5.17. The summed E-state index contributed by atoms with van der Waals surface area (Å²) in [5.74, 6) is 1.85. The van der Waals surface area contributed by atoms with Gasteiger partial charge >= 0.3 is 0 Å². The summed E-state index contributed by atoms with van der Waals surface area (Å²) >= 11 is 0. The Hall–Kier alpha value is -2.26. The first-order valence-electron chi connectivity index (χ1n) is 7.10. The van der Waals surface area contributed by atoms with Crippen molar-refractivity contribution in [1.29, 1.82) is 0 Å². The van der Waals surface area contributed by atoms with Crippen LogP contribution < -0.4 is 10.1 Å². The summed E-state index contributed by atoms with van der Waals surface area (Å²) < 4.78 is 10.7. The van der Waals surface area contributed by atoms with Crippen LogP contribution in [0.1, 0.15) is 24.3 Å². The summed E-state index contributed by atoms with van der Waals surface area (Å²) in [6.07, 6.45) is 1.71. The lowest BCUT2D eigenvalue weighted by atomic mass is 10.1. The van der Waals surface area contributed by atoms with Gasteiger partial charge in [0.15, 0.2) is 0 Å². The van der Waals surface area contributed by atoms with Crippen molar-refractivity contribution in [1.82, 2.24) is 5.32 Å². The monoisotopic (exact) mass is 281 g/mol. The molecule has 0 bridgehead atoms. The van der Waals surface area contributed by atoms with Crippen LogP contribution in [-0.2, 0) is 6.54 Å². The molecule has 0 spiro atoms. The Morgan fingerprint density at radius 3 is 2.67 bits per heavy atom. The highest BCUT2D eigenvalue weighted by Crippen LogP contribution is 2.22. The van der Waals surface area contributed by atoms with Crippen LogP contribution in [0.3, 0.4) is 0 Å². The SMILES string of the molecule is COc1ccc2cc(CN[C@@H](C)c3ccco3)ccc2c1. The van der Waals surface area contributed by atoms with E-state index < -0.39 is 0 Å². The Balaban J connectivity index is 1.72. The number of ether oxygens (including phenoxy) is 1. The molecule has 1 aromatic heterocycles. The maximum atomic E-state index is 5.40. The molecule has 0 amide bonds. The molecule has 21 heavy (non-hydrogen) atoms. The van der Waals surface area contributed by atoms with E-state index in [4.69, 9.17) is 9.15 Å². The summed E-state index contributed by atoms with van der Waals surface area (Å²) in [4.78, 5) is 0. The molecular weight excluding hydrogens is 262 g/mol. The molecule has 0 unspecified atom stereocenters. The molecule has 0 aliphatic heterocycles. The molecule has 0 aliphatic rings. The Morgan fingerprint density at radius 2 is 1.90 bits per heavy atom. The fraction of sp³-hybridized carbons (Fsp3) is 0.222. The summed E-state index contributed by atoms with van der Waals surface area (Å²) in [7, 11) is 1.69. The van der Waals surface area contributed by atoms with Crippen LogP contribution >= 0.6 is 0 Å². The van der Waals surface area contributed by atoms with Gasteiger partial charge in [-0.1, -0.05) is 18.2 Å². The van der Waals surface area contributed by atoms with Crippen molar-refractivity contribution in [2.24, 2.45) is 0 Å². The number of nitrogens with one attached hydrogen (secondary N) is 1. The number of furan rings is 1. The van der Waals surface area contributed by atoms with E-state index in [2.05, 4.69) is 42.6 Å². The van der Waals surface area contributed by atoms with Gasteiger partial charge in [0.05, 0.1) is 19.4 Å². The van der Waals surface area contributed by atoms with E-state index in [0.717, 1.165) is 18.1 Å². The van der Waals surface area contributed by atoms with Crippen molar-refractivity contribution >= 4 is 10.8 Å². The second kappa shape index (κ2) is 6.02. The molecule has 0 radical (unpaired) electrons. The normalized spacial score (nSPS) is 12.5. The zero-order valence-corrected chi connectivity index (χ0v) is 12.3. The van der Waals surface area contributed by atoms with Gasteiger partial charge in [-0.3, -0.25) is 0 Å². The molecule has 1 atom stereocenters. The van der Waals surface area contributed by atoms with Crippen molar-refractivity contribution in [3.63, 3.8) is 0 Å². The van der Waals surface area contributed by atoms with Crippen LogP contribution in [0.2, 0.25) is 0 Å². The number of methoxy groups -OCH3 is 1. The fourth-order valence-corrected chi connectivity index (χ4v) is 2.42. The fourth-order valence-electron chi connectivity index (χ4n) is 2.42. The summed E-state index contributed by atoms with van der Waals surface area (Å²) in [6.45, 7) is 2.91. The third-order valence-corrected chi connectivity index (χ3v) is 3.69. The first-order valence-corrected chi connectivity index (χ1v) is 7.10. The van der Waals surface area contributed by atoms with Gasteiger partial charge < -0.3 is 14.5 Å². The van der Waals surface area contributed by atoms with E-state index in [1.807, 2.05) is 18.2 Å². The Morgan fingerprint density at radius 1 is 1.10 bits per heavy atom. The molecule has 0 fully saturated rings. The molecule has 3 nitrogen and oxygen atoms in total. The molecule has 1 N–H and O–H groups in total. The molecule has 0 aliphatic carbocycles. The lowest BCUT2D eigenvalue weighted by molar-refractivity contribution is 0.415. The number of fused-ring (bicyclic) bond motifs is 1. The van der Waals surface area contributed by atoms with E-state index in [-0.39, 0.29) is 6.04 Å². The number of hydrogen-bond donors (Lipinski definition) is 1. The minimum atomic E-state index is 0.201. The highest BCUT2D eigenvalue weighted by atomic mass is 16.5. The third-order valence-electron chi connectivity index (χ3n) is 3.69. The van der Waals surface area contributed by atoms with E-state index in [9.17, 15) is 0 Å². The van der Waals surface area contributed by atoms with Crippen LogP contribution in [0.25, 0.3) is 10.8 Å². The number of benzene rings is 2. The molecule has 1 heterocycles. The van der Waals surface area contributed by atoms with Gasteiger partial charge in [0.25, 0.3) is 0 Å². The molecule has 108 valence electrons. The molecule has 2 aromatic carbocycles. The van der Waals surface area contributed by atoms with E-state index in [0.29, 0.717) is 0 Å². The largest absolute Gasteiger partial charge is 0.497 e. The lowest BCUT2D eigenvalue weighted by Gasteiger charge is -2.12. The van der Waals surface area contributed by atoms with Crippen LogP contribution in [-0.4, -0.2) is 7.11 Å². The van der Waals surface area contributed by atoms with Gasteiger partial charge in [-0.2, -0.15) is 0 Å². The zero-order valence-electron chi connectivity index (χ0n) is 12.3. The third kappa shape index (κ3) is 3.09. The van der Waals surface area contributed by atoms with E-state index in [1.54, 1.807) is 13.4 Å². The number of rotatable bonds is 5. The van der Waals surface area contributed by atoms with Crippen molar-refractivity contribution in [3.05, 3.63) is 66.1 Å². The first-order chi connectivity index (χ1) is 10.3. The summed E-state index contributed by atoms with van der Waals surface area (Å²) in [6, 6.07) is 16.7. The Labute approximate surface area is 124 Å².